The van der Waals surface area contributed by atoms with Crippen LogP contribution in [0.15, 0.2) is 53.4 Å². The third kappa shape index (κ3) is 3.65. The van der Waals surface area contributed by atoms with E-state index in [0.29, 0.717) is 5.69 Å². The van der Waals surface area contributed by atoms with Crippen LogP contribution < -0.4 is 4.31 Å². The summed E-state index contributed by atoms with van der Waals surface area (Å²) in [4.78, 5) is 12.0. The maximum absolute atomic E-state index is 12.6. The number of sulfonamides is 1. The Morgan fingerprint density at radius 3 is 2.43 bits per heavy atom. The van der Waals surface area contributed by atoms with Crippen LogP contribution in [0.4, 0.5) is 5.69 Å². The smallest absolute Gasteiger partial charge is 0.339 e. The van der Waals surface area contributed by atoms with Crippen molar-refractivity contribution in [2.24, 2.45) is 0 Å². The number of halogens is 1. The summed E-state index contributed by atoms with van der Waals surface area (Å²) in [6.07, 6.45) is 0. The number of carbonyl (C=O) groups excluding carboxylic acids is 1. The normalized spacial score (nSPS) is 11.1. The Kier molecular flexibility index (Phi) is 5.28. The molecule has 0 aliphatic rings. The van der Waals surface area contributed by atoms with E-state index in [1.54, 1.807) is 25.1 Å². The molecule has 0 saturated heterocycles. The van der Waals surface area contributed by atoms with Gasteiger partial charge in [0.15, 0.2) is 0 Å². The summed E-state index contributed by atoms with van der Waals surface area (Å²) < 4.78 is 31.2. The van der Waals surface area contributed by atoms with E-state index in [0.717, 1.165) is 4.31 Å². The molecule has 2 aromatic carbocycles. The molecule has 0 bridgehead atoms. The number of nitrogens with zero attached hydrogens (tertiary/aromatic N) is 1. The quantitative estimate of drug-likeness (QED) is 0.773. The molecule has 122 valence electrons. The minimum Gasteiger partial charge on any atom is -0.462 e. The third-order valence-electron chi connectivity index (χ3n) is 3.21. The van der Waals surface area contributed by atoms with Crippen LogP contribution >= 0.6 is 11.6 Å². The monoisotopic (exact) mass is 353 g/mol. The maximum atomic E-state index is 12.6. The molecular formula is C16H16ClNO4S. The van der Waals surface area contributed by atoms with E-state index >= 15 is 0 Å². The van der Waals surface area contributed by atoms with Gasteiger partial charge < -0.3 is 4.74 Å². The second-order valence-electron chi connectivity index (χ2n) is 4.67. The summed E-state index contributed by atoms with van der Waals surface area (Å²) >= 11 is 5.99. The molecule has 23 heavy (non-hydrogen) atoms. The van der Waals surface area contributed by atoms with Crippen LogP contribution in [0.1, 0.15) is 17.3 Å². The summed E-state index contributed by atoms with van der Waals surface area (Å²) in [6.45, 7) is 1.89. The lowest BCUT2D eigenvalue weighted by atomic mass is 10.2. The van der Waals surface area contributed by atoms with Gasteiger partial charge in [0.1, 0.15) is 0 Å². The van der Waals surface area contributed by atoms with Crippen molar-refractivity contribution in [3.05, 3.63) is 59.1 Å². The molecule has 0 N–H and O–H groups in total. The molecule has 5 nitrogen and oxygen atoms in total. The predicted octanol–water partition coefficient (Wildman–Crippen LogP) is 3.34. The van der Waals surface area contributed by atoms with Crippen LogP contribution in [0.3, 0.4) is 0 Å². The Hall–Kier alpha value is -2.05. The van der Waals surface area contributed by atoms with Crippen molar-refractivity contribution in [2.45, 2.75) is 11.8 Å². The number of hydrogen-bond donors (Lipinski definition) is 0. The number of benzene rings is 2. The van der Waals surface area contributed by atoms with Gasteiger partial charge in [0, 0.05) is 7.05 Å². The molecule has 0 radical (unpaired) electrons. The summed E-state index contributed by atoms with van der Waals surface area (Å²) in [7, 11) is -2.30. The van der Waals surface area contributed by atoms with Crippen molar-refractivity contribution in [1.29, 1.82) is 0 Å². The van der Waals surface area contributed by atoms with E-state index in [1.165, 1.54) is 37.4 Å². The second-order valence-corrected chi connectivity index (χ2v) is 7.05. The lowest BCUT2D eigenvalue weighted by molar-refractivity contribution is 0.0526. The van der Waals surface area contributed by atoms with Gasteiger partial charge in [0.05, 0.1) is 27.8 Å². The zero-order valence-corrected chi connectivity index (χ0v) is 14.3. The maximum Gasteiger partial charge on any atom is 0.339 e. The standard InChI is InChI=1S/C16H16ClNO4S/c1-3-22-16(19)14-11-12(9-10-15(14)17)18(2)23(20,21)13-7-5-4-6-8-13/h4-11H,3H2,1-2H3. The Balaban J connectivity index is 2.42. The molecule has 0 heterocycles. The molecule has 0 fully saturated rings. The fourth-order valence-electron chi connectivity index (χ4n) is 1.96. The molecule has 0 aliphatic carbocycles. The van der Waals surface area contributed by atoms with Crippen molar-refractivity contribution in [3.8, 4) is 0 Å². The zero-order valence-electron chi connectivity index (χ0n) is 12.7. The van der Waals surface area contributed by atoms with Crippen LogP contribution in [0.2, 0.25) is 5.02 Å². The van der Waals surface area contributed by atoms with Gasteiger partial charge in [-0.1, -0.05) is 29.8 Å². The van der Waals surface area contributed by atoms with Crippen molar-refractivity contribution in [3.63, 3.8) is 0 Å². The molecule has 0 saturated carbocycles. The first-order valence-corrected chi connectivity index (χ1v) is 8.70. The van der Waals surface area contributed by atoms with Crippen molar-refractivity contribution < 1.29 is 17.9 Å². The van der Waals surface area contributed by atoms with E-state index in [1.807, 2.05) is 0 Å². The Labute approximate surface area is 140 Å². The highest BCUT2D eigenvalue weighted by atomic mass is 35.5. The van der Waals surface area contributed by atoms with Crippen LogP contribution in [0.25, 0.3) is 0 Å². The van der Waals surface area contributed by atoms with Gasteiger partial charge in [-0.2, -0.15) is 0 Å². The fourth-order valence-corrected chi connectivity index (χ4v) is 3.37. The molecule has 0 spiro atoms. The highest BCUT2D eigenvalue weighted by molar-refractivity contribution is 7.92. The van der Waals surface area contributed by atoms with Gasteiger partial charge in [-0.3, -0.25) is 4.31 Å². The summed E-state index contributed by atoms with van der Waals surface area (Å²) in [5.41, 5.74) is 0.447. The van der Waals surface area contributed by atoms with E-state index in [2.05, 4.69) is 0 Å². The summed E-state index contributed by atoms with van der Waals surface area (Å²) in [5, 5.41) is 0.206. The average molecular weight is 354 g/mol. The summed E-state index contributed by atoms with van der Waals surface area (Å²) in [6, 6.07) is 12.5. The largest absolute Gasteiger partial charge is 0.462 e. The first-order chi connectivity index (χ1) is 10.9. The molecule has 7 heteroatoms. The van der Waals surface area contributed by atoms with Gasteiger partial charge in [-0.15, -0.1) is 0 Å². The van der Waals surface area contributed by atoms with E-state index < -0.39 is 16.0 Å². The van der Waals surface area contributed by atoms with Crippen LogP contribution in [-0.4, -0.2) is 28.0 Å². The zero-order chi connectivity index (χ0) is 17.0. The number of esters is 1. The van der Waals surface area contributed by atoms with Crippen molar-refractivity contribution in [1.82, 2.24) is 0 Å². The first-order valence-electron chi connectivity index (χ1n) is 6.88. The second kappa shape index (κ2) is 7.02. The molecule has 0 unspecified atom stereocenters. The minimum absolute atomic E-state index is 0.126. The molecule has 0 amide bonds. The van der Waals surface area contributed by atoms with E-state index in [-0.39, 0.29) is 22.1 Å². The van der Waals surface area contributed by atoms with E-state index in [4.69, 9.17) is 16.3 Å². The number of rotatable bonds is 5. The van der Waals surface area contributed by atoms with Crippen LogP contribution in [-0.2, 0) is 14.8 Å². The Morgan fingerprint density at radius 2 is 1.83 bits per heavy atom. The van der Waals surface area contributed by atoms with Crippen LogP contribution in [0, 0.1) is 0 Å². The molecule has 2 aromatic rings. The molecule has 2 rings (SSSR count). The topological polar surface area (TPSA) is 63.7 Å². The van der Waals surface area contributed by atoms with Gasteiger partial charge in [-0.25, -0.2) is 13.2 Å². The molecular weight excluding hydrogens is 338 g/mol. The van der Waals surface area contributed by atoms with Gasteiger partial charge in [-0.05, 0) is 37.3 Å². The minimum atomic E-state index is -3.72. The number of hydrogen-bond acceptors (Lipinski definition) is 4. The third-order valence-corrected chi connectivity index (χ3v) is 5.34. The SMILES string of the molecule is CCOC(=O)c1cc(N(C)S(=O)(=O)c2ccccc2)ccc1Cl. The highest BCUT2D eigenvalue weighted by Crippen LogP contribution is 2.27. The molecule has 0 aliphatic heterocycles. The van der Waals surface area contributed by atoms with Crippen molar-refractivity contribution >= 4 is 33.3 Å². The van der Waals surface area contributed by atoms with Gasteiger partial charge in [0.25, 0.3) is 10.0 Å². The Bertz CT molecular complexity index is 806. The predicted molar refractivity (Wildman–Crippen MR) is 89.4 cm³/mol. The van der Waals surface area contributed by atoms with E-state index in [9.17, 15) is 13.2 Å². The number of ether oxygens (including phenoxy) is 1. The lowest BCUT2D eigenvalue weighted by Gasteiger charge is -2.20. The summed E-state index contributed by atoms with van der Waals surface area (Å²) in [5.74, 6) is -0.593. The number of carbonyl (C=O) groups is 1. The lowest BCUT2D eigenvalue weighted by Crippen LogP contribution is -2.26. The number of anilines is 1. The highest BCUT2D eigenvalue weighted by Gasteiger charge is 2.22. The van der Waals surface area contributed by atoms with Crippen LogP contribution in [0.5, 0.6) is 0 Å². The molecule has 0 atom stereocenters. The van der Waals surface area contributed by atoms with Gasteiger partial charge >= 0.3 is 5.97 Å². The first kappa shape index (κ1) is 17.3. The van der Waals surface area contributed by atoms with Crippen molar-refractivity contribution in [2.75, 3.05) is 18.0 Å². The fraction of sp³-hybridized carbons (Fsp3) is 0.188. The Morgan fingerprint density at radius 1 is 1.17 bits per heavy atom. The van der Waals surface area contributed by atoms with Gasteiger partial charge in [0.2, 0.25) is 0 Å². The average Bonchev–Trinajstić information content (AvgIpc) is 2.55. The molecule has 0 aromatic heterocycles.